The minimum absolute atomic E-state index is 0.0831. The highest BCUT2D eigenvalue weighted by atomic mass is 19.1. The van der Waals surface area contributed by atoms with Gasteiger partial charge in [0.1, 0.15) is 5.82 Å². The maximum absolute atomic E-state index is 14.2. The fraction of sp³-hybridized carbons (Fsp3) is 0.125. The van der Waals surface area contributed by atoms with Crippen LogP contribution in [-0.4, -0.2) is 35.6 Å². The lowest BCUT2D eigenvalue weighted by Crippen LogP contribution is -2.09. The number of halogens is 1. The average molecular weight is 427 g/mol. The average Bonchev–Trinajstić information content (AvgIpc) is 3.22. The van der Waals surface area contributed by atoms with Crippen LogP contribution >= 0.6 is 0 Å². The lowest BCUT2D eigenvalue weighted by molar-refractivity contribution is 0.0692. The van der Waals surface area contributed by atoms with Crippen molar-refractivity contribution in [3.05, 3.63) is 83.7 Å². The molecule has 1 atom stereocenters. The van der Waals surface area contributed by atoms with Crippen molar-refractivity contribution in [1.29, 1.82) is 0 Å². The van der Waals surface area contributed by atoms with E-state index in [9.17, 15) is 9.18 Å². The van der Waals surface area contributed by atoms with Gasteiger partial charge >= 0.3 is 5.97 Å². The molecule has 0 saturated heterocycles. The van der Waals surface area contributed by atoms with E-state index in [1.54, 1.807) is 12.5 Å². The number of nitrogens with zero attached hydrogens (tertiary/aromatic N) is 5. The van der Waals surface area contributed by atoms with Gasteiger partial charge in [0.2, 0.25) is 0 Å². The molecule has 0 aliphatic carbocycles. The van der Waals surface area contributed by atoms with Crippen LogP contribution in [0.3, 0.4) is 0 Å². The standard InChI is InChI=1S/C24H18FN5O2/c1-13-16(7-8-20-17(13)4-3-9-26-20)14(2)30-12-28-22-23(30)29-21(11-27-22)15-5-6-18(24(31)32)19(25)10-15/h3-12,14H,1-2H3,(H,31,32). The molecule has 3 heterocycles. The maximum atomic E-state index is 14.2. The number of hydrogen-bond acceptors (Lipinski definition) is 5. The highest BCUT2D eigenvalue weighted by Gasteiger charge is 2.18. The Balaban J connectivity index is 1.60. The molecule has 5 aromatic rings. The minimum Gasteiger partial charge on any atom is -0.478 e. The predicted molar refractivity (Wildman–Crippen MR) is 118 cm³/mol. The number of carbonyl (C=O) groups is 1. The zero-order valence-corrected chi connectivity index (χ0v) is 17.3. The summed E-state index contributed by atoms with van der Waals surface area (Å²) in [7, 11) is 0. The van der Waals surface area contributed by atoms with Crippen molar-refractivity contribution in [2.24, 2.45) is 0 Å². The Labute approximate surface area is 182 Å². The molecule has 0 saturated carbocycles. The molecule has 0 spiro atoms. The van der Waals surface area contributed by atoms with E-state index >= 15 is 0 Å². The van der Waals surface area contributed by atoms with Crippen molar-refractivity contribution in [3.8, 4) is 11.3 Å². The topological polar surface area (TPSA) is 93.8 Å². The molecule has 0 aliphatic rings. The number of benzene rings is 2. The number of carboxylic acids is 1. The van der Waals surface area contributed by atoms with Gasteiger partial charge in [0.15, 0.2) is 11.3 Å². The number of rotatable bonds is 4. The van der Waals surface area contributed by atoms with Gasteiger partial charge < -0.3 is 9.67 Å². The zero-order valence-electron chi connectivity index (χ0n) is 17.3. The van der Waals surface area contributed by atoms with Gasteiger partial charge in [0, 0.05) is 17.1 Å². The molecule has 0 aliphatic heterocycles. The fourth-order valence-corrected chi connectivity index (χ4v) is 4.00. The third kappa shape index (κ3) is 3.17. The van der Waals surface area contributed by atoms with Gasteiger partial charge in [-0.15, -0.1) is 0 Å². The van der Waals surface area contributed by atoms with E-state index in [0.29, 0.717) is 22.6 Å². The Hall–Kier alpha value is -4.20. The second kappa shape index (κ2) is 7.49. The number of imidazole rings is 1. The first-order chi connectivity index (χ1) is 15.4. The van der Waals surface area contributed by atoms with E-state index in [1.807, 2.05) is 22.8 Å². The Bertz CT molecular complexity index is 1510. The van der Waals surface area contributed by atoms with E-state index in [4.69, 9.17) is 5.11 Å². The van der Waals surface area contributed by atoms with Crippen LogP contribution in [0.15, 0.2) is 61.2 Å². The number of hydrogen-bond donors (Lipinski definition) is 1. The van der Waals surface area contributed by atoms with Gasteiger partial charge in [0.05, 0.1) is 35.3 Å². The maximum Gasteiger partial charge on any atom is 0.338 e. The molecule has 0 amide bonds. The van der Waals surface area contributed by atoms with Crippen molar-refractivity contribution in [1.82, 2.24) is 24.5 Å². The summed E-state index contributed by atoms with van der Waals surface area (Å²) in [6.07, 6.45) is 4.98. The molecule has 158 valence electrons. The van der Waals surface area contributed by atoms with E-state index in [0.717, 1.165) is 28.1 Å². The normalized spacial score (nSPS) is 12.3. The highest BCUT2D eigenvalue weighted by molar-refractivity contribution is 5.88. The van der Waals surface area contributed by atoms with E-state index in [2.05, 4.69) is 39.8 Å². The molecule has 2 aromatic carbocycles. The molecule has 1 N–H and O–H groups in total. The first-order valence-electron chi connectivity index (χ1n) is 10.0. The van der Waals surface area contributed by atoms with Crippen LogP contribution in [0.4, 0.5) is 4.39 Å². The van der Waals surface area contributed by atoms with Gasteiger partial charge in [-0.1, -0.05) is 18.2 Å². The van der Waals surface area contributed by atoms with Crippen molar-refractivity contribution in [2.45, 2.75) is 19.9 Å². The number of pyridine rings is 1. The molecule has 3 aromatic heterocycles. The number of aromatic nitrogens is 5. The molecule has 0 bridgehead atoms. The molecule has 8 heteroatoms. The van der Waals surface area contributed by atoms with Crippen LogP contribution in [-0.2, 0) is 0 Å². The van der Waals surface area contributed by atoms with Gasteiger partial charge in [-0.3, -0.25) is 4.98 Å². The number of carboxylic acid groups (broad SMARTS) is 1. The summed E-state index contributed by atoms with van der Waals surface area (Å²) < 4.78 is 16.1. The van der Waals surface area contributed by atoms with E-state index < -0.39 is 11.8 Å². The molecule has 0 fully saturated rings. The molecule has 1 unspecified atom stereocenters. The summed E-state index contributed by atoms with van der Waals surface area (Å²) in [6, 6.07) is 11.8. The quantitative estimate of drug-likeness (QED) is 0.443. The summed E-state index contributed by atoms with van der Waals surface area (Å²) >= 11 is 0. The van der Waals surface area contributed by atoms with Crippen molar-refractivity contribution in [3.63, 3.8) is 0 Å². The summed E-state index contributed by atoms with van der Waals surface area (Å²) in [4.78, 5) is 28.9. The number of aromatic carboxylic acids is 1. The second-order valence-electron chi connectivity index (χ2n) is 7.58. The van der Waals surface area contributed by atoms with Gasteiger partial charge in [-0.2, -0.15) is 0 Å². The number of fused-ring (bicyclic) bond motifs is 2. The Morgan fingerprint density at radius 3 is 2.75 bits per heavy atom. The smallest absolute Gasteiger partial charge is 0.338 e. The monoisotopic (exact) mass is 427 g/mol. The van der Waals surface area contributed by atoms with Crippen LogP contribution < -0.4 is 0 Å². The van der Waals surface area contributed by atoms with Crippen LogP contribution in [0.25, 0.3) is 33.5 Å². The van der Waals surface area contributed by atoms with Gasteiger partial charge in [-0.25, -0.2) is 24.1 Å². The molecule has 32 heavy (non-hydrogen) atoms. The Morgan fingerprint density at radius 1 is 1.12 bits per heavy atom. The summed E-state index contributed by atoms with van der Waals surface area (Å²) in [5.41, 5.74) is 4.69. The first kappa shape index (κ1) is 19.7. The van der Waals surface area contributed by atoms with E-state index in [1.165, 1.54) is 18.3 Å². The first-order valence-corrected chi connectivity index (χ1v) is 10.0. The van der Waals surface area contributed by atoms with Crippen molar-refractivity contribution < 1.29 is 14.3 Å². The molecule has 5 rings (SSSR count). The summed E-state index contributed by atoms with van der Waals surface area (Å²) in [6.45, 7) is 4.13. The Morgan fingerprint density at radius 2 is 1.97 bits per heavy atom. The molecule has 7 nitrogen and oxygen atoms in total. The van der Waals surface area contributed by atoms with Crippen LogP contribution in [0.1, 0.15) is 34.5 Å². The third-order valence-electron chi connectivity index (χ3n) is 5.74. The molecular weight excluding hydrogens is 409 g/mol. The van der Waals surface area contributed by atoms with Gasteiger partial charge in [-0.05, 0) is 49.2 Å². The Kier molecular flexibility index (Phi) is 4.62. The lowest BCUT2D eigenvalue weighted by atomic mass is 9.98. The van der Waals surface area contributed by atoms with Crippen LogP contribution in [0.2, 0.25) is 0 Å². The van der Waals surface area contributed by atoms with Crippen LogP contribution in [0, 0.1) is 12.7 Å². The highest BCUT2D eigenvalue weighted by Crippen LogP contribution is 2.29. The van der Waals surface area contributed by atoms with Crippen LogP contribution in [0.5, 0.6) is 0 Å². The summed E-state index contributed by atoms with van der Waals surface area (Å²) in [5.74, 6) is -2.14. The largest absolute Gasteiger partial charge is 0.478 e. The van der Waals surface area contributed by atoms with E-state index in [-0.39, 0.29) is 11.6 Å². The summed E-state index contributed by atoms with van der Waals surface area (Å²) in [5, 5.41) is 10.1. The third-order valence-corrected chi connectivity index (χ3v) is 5.74. The molecule has 0 radical (unpaired) electrons. The minimum atomic E-state index is -1.32. The lowest BCUT2D eigenvalue weighted by Gasteiger charge is -2.18. The zero-order chi connectivity index (χ0) is 22.4. The SMILES string of the molecule is Cc1c(C(C)n2cnc3ncc(-c4ccc(C(=O)O)c(F)c4)nc32)ccc2ncccc12. The number of aryl methyl sites for hydroxylation is 1. The van der Waals surface area contributed by atoms with Gasteiger partial charge in [0.25, 0.3) is 0 Å². The fourth-order valence-electron chi connectivity index (χ4n) is 4.00. The second-order valence-corrected chi connectivity index (χ2v) is 7.58. The van der Waals surface area contributed by atoms with Crippen molar-refractivity contribution >= 4 is 28.2 Å². The predicted octanol–water partition coefficient (Wildman–Crippen LogP) is 4.80. The molecular formula is C24H18FN5O2. The van der Waals surface area contributed by atoms with Crippen molar-refractivity contribution in [2.75, 3.05) is 0 Å².